The molecule has 9 nitrogen and oxygen atoms in total. The van der Waals surface area contributed by atoms with Crippen LogP contribution in [-0.2, 0) is 14.3 Å². The van der Waals surface area contributed by atoms with Gasteiger partial charge in [0.05, 0.1) is 39.7 Å². The Morgan fingerprint density at radius 3 is 2.51 bits per heavy atom. The first kappa shape index (κ1) is 29.5. The number of nitriles is 1. The summed E-state index contributed by atoms with van der Waals surface area (Å²) in [5.74, 6) is -0.691. The number of hydrogen-bond acceptors (Lipinski definition) is 9. The van der Waals surface area contributed by atoms with Crippen LogP contribution in [0.5, 0.6) is 0 Å². The second-order valence-corrected chi connectivity index (χ2v) is 13.2. The Labute approximate surface area is 239 Å². The van der Waals surface area contributed by atoms with Gasteiger partial charge in [0.2, 0.25) is 11.8 Å². The fourth-order valence-corrected chi connectivity index (χ4v) is 6.11. The molecule has 0 radical (unpaired) electrons. The second kappa shape index (κ2) is 11.6. The number of ether oxygens (including phenoxy) is 1. The van der Waals surface area contributed by atoms with Crippen LogP contribution in [0.15, 0.2) is 29.8 Å². The number of hydrogen-bond donors (Lipinski definition) is 4. The van der Waals surface area contributed by atoms with E-state index in [1.807, 2.05) is 43.6 Å². The van der Waals surface area contributed by atoms with E-state index in [0.29, 0.717) is 12.8 Å². The van der Waals surface area contributed by atoms with Gasteiger partial charge in [-0.15, -0.1) is 11.3 Å². The Morgan fingerprint density at radius 2 is 2.00 bits per heavy atom. The van der Waals surface area contributed by atoms with Crippen LogP contribution in [-0.4, -0.2) is 69.6 Å². The minimum absolute atomic E-state index is 0.0390. The number of likely N-dealkylation sites (tertiary alicyclic amines) is 1. The number of aliphatic hydroxyl groups is 1. The zero-order valence-electron chi connectivity index (χ0n) is 23.0. The second-order valence-electron chi connectivity index (χ2n) is 11.2. The van der Waals surface area contributed by atoms with Crippen molar-refractivity contribution in [2.45, 2.75) is 82.2 Å². The molecule has 1 saturated heterocycles. The summed E-state index contributed by atoms with van der Waals surface area (Å²) in [4.78, 5) is 34.1. The SMILES string of the molecule is COC(N[C@H](C(=O)N1C[C@H](O)C[C@H]1C(=O)N[C@@H](C)c1ccc(-c2scnc2C)cc1)C(C)(C)S)C1(C#N)CC1. The van der Waals surface area contributed by atoms with Gasteiger partial charge in [-0.2, -0.15) is 17.9 Å². The Balaban J connectivity index is 1.47. The lowest BCUT2D eigenvalue weighted by molar-refractivity contribution is -0.142. The van der Waals surface area contributed by atoms with Crippen molar-refractivity contribution >= 4 is 35.8 Å². The molecule has 3 N–H and O–H groups in total. The molecule has 0 spiro atoms. The van der Waals surface area contributed by atoms with Crippen LogP contribution in [0.3, 0.4) is 0 Å². The minimum atomic E-state index is -0.850. The Bertz CT molecular complexity index is 1230. The fraction of sp³-hybridized carbons (Fsp3) is 0.571. The van der Waals surface area contributed by atoms with Gasteiger partial charge in [-0.25, -0.2) is 4.98 Å². The van der Waals surface area contributed by atoms with Crippen molar-refractivity contribution in [3.05, 3.63) is 41.0 Å². The maximum Gasteiger partial charge on any atom is 0.243 e. The van der Waals surface area contributed by atoms with Gasteiger partial charge in [-0.3, -0.25) is 14.9 Å². The maximum absolute atomic E-state index is 13.9. The number of thiol groups is 1. The molecule has 2 fully saturated rings. The predicted molar refractivity (Wildman–Crippen MR) is 153 cm³/mol. The molecule has 1 aromatic heterocycles. The van der Waals surface area contributed by atoms with Crippen LogP contribution < -0.4 is 10.6 Å². The normalized spacial score (nSPS) is 22.6. The van der Waals surface area contributed by atoms with Crippen molar-refractivity contribution in [2.24, 2.45) is 5.41 Å². The van der Waals surface area contributed by atoms with Gasteiger partial charge in [0.15, 0.2) is 0 Å². The zero-order valence-corrected chi connectivity index (χ0v) is 24.7. The molecular weight excluding hydrogens is 534 g/mol. The number of thiazole rings is 1. The fourth-order valence-electron chi connectivity index (χ4n) is 5.12. The van der Waals surface area contributed by atoms with Crippen LogP contribution in [0.1, 0.15) is 57.3 Å². The lowest BCUT2D eigenvalue weighted by atomic mass is 9.98. The van der Waals surface area contributed by atoms with E-state index in [1.54, 1.807) is 25.2 Å². The molecule has 39 heavy (non-hydrogen) atoms. The van der Waals surface area contributed by atoms with E-state index >= 15 is 0 Å². The third-order valence-electron chi connectivity index (χ3n) is 7.66. The quantitative estimate of drug-likeness (QED) is 0.255. The highest BCUT2D eigenvalue weighted by Gasteiger charge is 2.53. The number of aryl methyl sites for hydroxylation is 1. The number of β-amino-alcohol motifs (C(OH)–C–C–N with tert-alkyl or cyclic N) is 1. The summed E-state index contributed by atoms with van der Waals surface area (Å²) in [6.07, 6.45) is 0.0267. The van der Waals surface area contributed by atoms with Crippen molar-refractivity contribution in [1.82, 2.24) is 20.5 Å². The Morgan fingerprint density at radius 1 is 1.33 bits per heavy atom. The highest BCUT2D eigenvalue weighted by molar-refractivity contribution is 7.81. The lowest BCUT2D eigenvalue weighted by Crippen LogP contribution is -2.61. The average molecular weight is 572 g/mol. The number of carbonyl (C=O) groups is 2. The molecule has 1 unspecified atom stereocenters. The lowest BCUT2D eigenvalue weighted by Gasteiger charge is -2.37. The molecule has 5 atom stereocenters. The Hall–Kier alpha value is -2.49. The van der Waals surface area contributed by atoms with Crippen molar-refractivity contribution in [2.75, 3.05) is 13.7 Å². The smallest absolute Gasteiger partial charge is 0.243 e. The first-order valence-corrected chi connectivity index (χ1v) is 14.4. The largest absolute Gasteiger partial charge is 0.391 e. The molecule has 1 aliphatic carbocycles. The predicted octanol–water partition coefficient (Wildman–Crippen LogP) is 3.20. The Kier molecular flexibility index (Phi) is 8.73. The molecule has 2 amide bonds. The van der Waals surface area contributed by atoms with Gasteiger partial charge in [0, 0.05) is 24.8 Å². The van der Waals surface area contributed by atoms with Crippen LogP contribution in [0, 0.1) is 23.7 Å². The highest BCUT2D eigenvalue weighted by Crippen LogP contribution is 2.48. The van der Waals surface area contributed by atoms with Crippen molar-refractivity contribution < 1.29 is 19.4 Å². The first-order chi connectivity index (χ1) is 18.4. The molecule has 2 aromatic rings. The van der Waals surface area contributed by atoms with Gasteiger partial charge in [0.25, 0.3) is 0 Å². The van der Waals surface area contributed by atoms with Crippen LogP contribution >= 0.6 is 24.0 Å². The molecule has 210 valence electrons. The van der Waals surface area contributed by atoms with E-state index in [4.69, 9.17) is 4.74 Å². The van der Waals surface area contributed by atoms with E-state index < -0.39 is 34.6 Å². The average Bonchev–Trinajstić information content (AvgIpc) is 3.40. The summed E-state index contributed by atoms with van der Waals surface area (Å²) in [7, 11) is 1.50. The molecule has 1 aliphatic heterocycles. The third-order valence-corrected chi connectivity index (χ3v) is 8.90. The number of nitrogens with zero attached hydrogens (tertiary/aromatic N) is 3. The van der Waals surface area contributed by atoms with Crippen LogP contribution in [0.25, 0.3) is 10.4 Å². The number of amides is 2. The molecule has 2 heterocycles. The summed E-state index contributed by atoms with van der Waals surface area (Å²) in [5, 5.41) is 26.3. The number of rotatable bonds is 10. The minimum Gasteiger partial charge on any atom is -0.391 e. The molecule has 4 rings (SSSR count). The number of methoxy groups -OCH3 is 1. The first-order valence-electron chi connectivity index (χ1n) is 13.1. The number of benzene rings is 1. The summed E-state index contributed by atoms with van der Waals surface area (Å²) in [6, 6.07) is 8.30. The summed E-state index contributed by atoms with van der Waals surface area (Å²) >= 11 is 6.26. The van der Waals surface area contributed by atoms with E-state index in [-0.39, 0.29) is 30.8 Å². The topological polar surface area (TPSA) is 128 Å². The summed E-state index contributed by atoms with van der Waals surface area (Å²) in [6.45, 7) is 7.50. The molecule has 11 heteroatoms. The van der Waals surface area contributed by atoms with E-state index in [1.165, 1.54) is 12.0 Å². The molecule has 2 aliphatic rings. The van der Waals surface area contributed by atoms with E-state index in [9.17, 15) is 20.0 Å². The molecule has 1 aromatic carbocycles. The van der Waals surface area contributed by atoms with Crippen molar-refractivity contribution in [3.8, 4) is 16.5 Å². The number of carbonyl (C=O) groups excluding carboxylic acids is 2. The number of aliphatic hydroxyl groups excluding tert-OH is 1. The van der Waals surface area contributed by atoms with Crippen molar-refractivity contribution in [1.29, 1.82) is 5.26 Å². The van der Waals surface area contributed by atoms with Gasteiger partial charge in [-0.1, -0.05) is 24.3 Å². The maximum atomic E-state index is 13.9. The number of aromatic nitrogens is 1. The third kappa shape index (κ3) is 6.31. The monoisotopic (exact) mass is 571 g/mol. The highest BCUT2D eigenvalue weighted by atomic mass is 32.1. The molecule has 0 bridgehead atoms. The summed E-state index contributed by atoms with van der Waals surface area (Å²) < 4.78 is 4.74. The van der Waals surface area contributed by atoms with Gasteiger partial charge >= 0.3 is 0 Å². The van der Waals surface area contributed by atoms with Crippen LogP contribution in [0.2, 0.25) is 0 Å². The van der Waals surface area contributed by atoms with Gasteiger partial charge < -0.3 is 20.1 Å². The summed E-state index contributed by atoms with van der Waals surface area (Å²) in [5.41, 5.74) is 4.11. The zero-order chi connectivity index (χ0) is 28.5. The van der Waals surface area contributed by atoms with Gasteiger partial charge in [0.1, 0.15) is 18.3 Å². The van der Waals surface area contributed by atoms with Gasteiger partial charge in [-0.05, 0) is 51.7 Å². The van der Waals surface area contributed by atoms with Crippen LogP contribution in [0.4, 0.5) is 0 Å². The van der Waals surface area contributed by atoms with E-state index in [2.05, 4.69) is 34.3 Å². The molecule has 1 saturated carbocycles. The molecular formula is C28H37N5O4S2. The van der Waals surface area contributed by atoms with Crippen molar-refractivity contribution in [3.63, 3.8) is 0 Å². The number of nitrogens with one attached hydrogen (secondary N) is 2. The van der Waals surface area contributed by atoms with E-state index in [0.717, 1.165) is 21.7 Å². The standard InChI is InChI=1S/C28H37N5O4S2/c1-16(18-6-8-19(9-7-18)22-17(2)30-15-39-22)31-24(35)21-12-20(34)13-33(21)25(36)23(27(3,4)38)32-26(37-5)28(14-29)10-11-28/h6-9,15-16,20-21,23,26,32,34,38H,10-13H2,1-5H3,(H,31,35)/t16-,20+,21-,23+,26?/m0/s1.